The molecule has 39 heavy (non-hydrogen) atoms. The predicted octanol–water partition coefficient (Wildman–Crippen LogP) is 5.98. The number of ether oxygens (including phenoxy) is 1. The highest BCUT2D eigenvalue weighted by atomic mass is 35.5. The van der Waals surface area contributed by atoms with E-state index in [9.17, 15) is 26.0 Å². The molecule has 1 aliphatic heterocycles. The van der Waals surface area contributed by atoms with Crippen molar-refractivity contribution in [2.75, 3.05) is 11.3 Å². The number of pyridine rings is 1. The second kappa shape index (κ2) is 10.7. The van der Waals surface area contributed by atoms with E-state index in [0.29, 0.717) is 22.4 Å². The third kappa shape index (κ3) is 5.75. The molecule has 0 spiro atoms. The number of nitrogens with zero attached hydrogens (tertiary/aromatic N) is 2. The Morgan fingerprint density at radius 1 is 0.974 bits per heavy atom. The van der Waals surface area contributed by atoms with E-state index in [1.807, 2.05) is 0 Å². The Hall–Kier alpha value is -3.94. The summed E-state index contributed by atoms with van der Waals surface area (Å²) in [6.07, 6.45) is 2.74. The van der Waals surface area contributed by atoms with Crippen molar-refractivity contribution in [3.8, 4) is 5.75 Å². The summed E-state index contributed by atoms with van der Waals surface area (Å²) in [5.74, 6) is -4.04. The smallest absolute Gasteiger partial charge is 0.266 e. The molecule has 2 aromatic heterocycles. The minimum Gasteiger partial charge on any atom is -0.458 e. The maximum absolute atomic E-state index is 15.0. The van der Waals surface area contributed by atoms with Gasteiger partial charge in [0.2, 0.25) is 5.95 Å². The van der Waals surface area contributed by atoms with E-state index in [-0.39, 0.29) is 28.9 Å². The number of hydrogen-bond acceptors (Lipinski definition) is 7. The third-order valence-corrected chi connectivity index (χ3v) is 7.73. The Balaban J connectivity index is 1.54. The van der Waals surface area contributed by atoms with E-state index in [0.717, 1.165) is 41.7 Å². The fourth-order valence-electron chi connectivity index (χ4n) is 3.68. The maximum Gasteiger partial charge on any atom is 0.266 e. The summed E-state index contributed by atoms with van der Waals surface area (Å²) in [4.78, 5) is 6.62. The number of thiazole rings is 1. The number of rotatable bonds is 7. The van der Waals surface area contributed by atoms with E-state index in [2.05, 4.69) is 20.0 Å². The van der Waals surface area contributed by atoms with Crippen LogP contribution in [0.3, 0.4) is 0 Å². The van der Waals surface area contributed by atoms with E-state index in [4.69, 9.17) is 16.3 Å². The standard InChI is InChI=1S/C25H15ClF4N4O3S2/c26-16-8-23(39(35,36)34-25-11-38-12-33-25)19(29)9-21(16)37-22-10-32-20(14-1-2-17(27)18(28)5-14)7-15(22)13-3-4-31-24(30)6-13/h1-9,11-12,32,34H,10H2. The maximum atomic E-state index is 15.0. The zero-order chi connectivity index (χ0) is 27.7. The Morgan fingerprint density at radius 3 is 2.51 bits per heavy atom. The van der Waals surface area contributed by atoms with E-state index in [1.54, 1.807) is 0 Å². The summed E-state index contributed by atoms with van der Waals surface area (Å²) < 4.78 is 89.6. The monoisotopic (exact) mass is 594 g/mol. The zero-order valence-electron chi connectivity index (χ0n) is 19.4. The van der Waals surface area contributed by atoms with Crippen molar-refractivity contribution in [1.29, 1.82) is 0 Å². The topological polar surface area (TPSA) is 93.2 Å². The molecule has 2 aromatic carbocycles. The molecule has 0 amide bonds. The van der Waals surface area contributed by atoms with Gasteiger partial charge in [-0.2, -0.15) is 4.39 Å². The summed E-state index contributed by atoms with van der Waals surface area (Å²) in [6, 6.07) is 7.65. The first kappa shape index (κ1) is 26.7. The number of nitrogens with one attached hydrogen (secondary N) is 2. The molecule has 0 atom stereocenters. The fourth-order valence-corrected chi connectivity index (χ4v) is 5.59. The lowest BCUT2D eigenvalue weighted by Gasteiger charge is -2.23. The van der Waals surface area contributed by atoms with Crippen LogP contribution in [0.15, 0.2) is 76.3 Å². The van der Waals surface area contributed by atoms with Crippen LogP contribution in [0.1, 0.15) is 11.1 Å². The van der Waals surface area contributed by atoms with Gasteiger partial charge < -0.3 is 10.1 Å². The highest BCUT2D eigenvalue weighted by Gasteiger charge is 2.25. The zero-order valence-corrected chi connectivity index (χ0v) is 21.8. The number of sulfonamides is 1. The molecule has 0 saturated heterocycles. The highest BCUT2D eigenvalue weighted by Crippen LogP contribution is 2.35. The summed E-state index contributed by atoms with van der Waals surface area (Å²) in [5, 5.41) is 4.20. The predicted molar refractivity (Wildman–Crippen MR) is 138 cm³/mol. The van der Waals surface area contributed by atoms with Crippen LogP contribution in [0.25, 0.3) is 11.3 Å². The molecule has 2 N–H and O–H groups in total. The van der Waals surface area contributed by atoms with Crippen molar-refractivity contribution in [2.24, 2.45) is 0 Å². The normalized spacial score (nSPS) is 13.6. The molecule has 4 aromatic rings. The van der Waals surface area contributed by atoms with Gasteiger partial charge in [0, 0.05) is 40.5 Å². The molecule has 0 aliphatic carbocycles. The van der Waals surface area contributed by atoms with Crippen LogP contribution in [0.5, 0.6) is 5.75 Å². The fraction of sp³-hybridized carbons (Fsp3) is 0.0400. The molecule has 7 nitrogen and oxygen atoms in total. The average molecular weight is 595 g/mol. The number of allylic oxidation sites excluding steroid dienone is 2. The number of halogens is 5. The van der Waals surface area contributed by atoms with E-state index < -0.39 is 38.3 Å². The molecule has 14 heteroatoms. The lowest BCUT2D eigenvalue weighted by molar-refractivity contribution is 0.408. The largest absolute Gasteiger partial charge is 0.458 e. The lowest BCUT2D eigenvalue weighted by atomic mass is 9.99. The second-order valence-electron chi connectivity index (χ2n) is 8.04. The first-order chi connectivity index (χ1) is 18.6. The van der Waals surface area contributed by atoms with Gasteiger partial charge in [0.25, 0.3) is 10.0 Å². The van der Waals surface area contributed by atoms with Crippen molar-refractivity contribution in [1.82, 2.24) is 15.3 Å². The summed E-state index contributed by atoms with van der Waals surface area (Å²) in [7, 11) is -4.35. The first-order valence-electron chi connectivity index (χ1n) is 10.9. The molecule has 0 bridgehead atoms. The highest BCUT2D eigenvalue weighted by molar-refractivity contribution is 7.92. The SMILES string of the molecule is O=S(=O)(Nc1cscn1)c1cc(Cl)c(OC2=C(c3ccnc(F)c3)C=C(c3ccc(F)c(F)c3)NC2)cc1F. The quantitative estimate of drug-likeness (QED) is 0.202. The number of hydrogen-bond donors (Lipinski definition) is 2. The van der Waals surface area contributed by atoms with Crippen molar-refractivity contribution in [3.05, 3.63) is 111 Å². The summed E-state index contributed by atoms with van der Waals surface area (Å²) in [6.45, 7) is -0.0481. The Kier molecular flexibility index (Phi) is 7.30. The van der Waals surface area contributed by atoms with Crippen LogP contribution < -0.4 is 14.8 Å². The van der Waals surface area contributed by atoms with Crippen LogP contribution in [0.4, 0.5) is 23.4 Å². The minimum atomic E-state index is -4.35. The minimum absolute atomic E-state index is 0.0205. The van der Waals surface area contributed by atoms with Gasteiger partial charge in [0.05, 0.1) is 17.1 Å². The molecule has 0 fully saturated rings. The Morgan fingerprint density at radius 2 is 1.79 bits per heavy atom. The van der Waals surface area contributed by atoms with E-state index in [1.165, 1.54) is 35.3 Å². The van der Waals surface area contributed by atoms with E-state index >= 15 is 0 Å². The number of anilines is 1. The molecular weight excluding hydrogens is 580 g/mol. The van der Waals surface area contributed by atoms with Gasteiger partial charge >= 0.3 is 0 Å². The van der Waals surface area contributed by atoms with Crippen LogP contribution in [-0.4, -0.2) is 24.9 Å². The number of aromatic nitrogens is 2. The van der Waals surface area contributed by atoms with Gasteiger partial charge in [-0.05, 0) is 42.0 Å². The molecule has 5 rings (SSSR count). The first-order valence-corrected chi connectivity index (χ1v) is 13.7. The van der Waals surface area contributed by atoms with Gasteiger partial charge in [-0.25, -0.2) is 31.6 Å². The molecule has 1 aliphatic rings. The molecule has 200 valence electrons. The average Bonchev–Trinajstić information content (AvgIpc) is 3.40. The number of benzene rings is 2. The van der Waals surface area contributed by atoms with Crippen molar-refractivity contribution >= 4 is 50.0 Å². The molecule has 0 saturated carbocycles. The van der Waals surface area contributed by atoms with Gasteiger partial charge in [0.15, 0.2) is 17.5 Å². The van der Waals surface area contributed by atoms with Crippen LogP contribution in [0, 0.1) is 23.4 Å². The van der Waals surface area contributed by atoms with Crippen LogP contribution >= 0.6 is 22.9 Å². The molecule has 0 radical (unpaired) electrons. The van der Waals surface area contributed by atoms with Crippen LogP contribution in [0.2, 0.25) is 5.02 Å². The third-order valence-electron chi connectivity index (χ3n) is 5.48. The lowest BCUT2D eigenvalue weighted by Crippen LogP contribution is -2.24. The molecule has 3 heterocycles. The molecular formula is C25H15ClF4N4O3S2. The van der Waals surface area contributed by atoms with Gasteiger partial charge in [-0.1, -0.05) is 11.6 Å². The van der Waals surface area contributed by atoms with Crippen molar-refractivity contribution in [2.45, 2.75) is 4.90 Å². The second-order valence-corrected chi connectivity index (χ2v) is 10.8. The van der Waals surface area contributed by atoms with Crippen molar-refractivity contribution < 1.29 is 30.7 Å². The van der Waals surface area contributed by atoms with Crippen LogP contribution in [-0.2, 0) is 10.0 Å². The van der Waals surface area contributed by atoms with Gasteiger partial charge in [-0.15, -0.1) is 11.3 Å². The summed E-state index contributed by atoms with van der Waals surface area (Å²) >= 11 is 7.43. The Bertz CT molecular complexity index is 1750. The molecule has 0 unspecified atom stereocenters. The summed E-state index contributed by atoms with van der Waals surface area (Å²) in [5.41, 5.74) is 2.73. The Labute approximate surface area is 228 Å². The van der Waals surface area contributed by atoms with Crippen molar-refractivity contribution in [3.63, 3.8) is 0 Å². The number of dihydropyridines is 1. The van der Waals surface area contributed by atoms with Gasteiger partial charge in [0.1, 0.15) is 22.2 Å². The van der Waals surface area contributed by atoms with Gasteiger partial charge in [-0.3, -0.25) is 4.72 Å².